The van der Waals surface area contributed by atoms with Gasteiger partial charge >= 0.3 is 12.1 Å². The molecule has 6 nitrogen and oxygen atoms in total. The van der Waals surface area contributed by atoms with Crippen molar-refractivity contribution in [1.29, 1.82) is 0 Å². The van der Waals surface area contributed by atoms with Gasteiger partial charge in [-0.05, 0) is 26.0 Å². The van der Waals surface area contributed by atoms with E-state index in [0.717, 1.165) is 16.7 Å². The second-order valence-electron chi connectivity index (χ2n) is 5.22. The summed E-state index contributed by atoms with van der Waals surface area (Å²) in [6, 6.07) is 2.10. The fourth-order valence-electron chi connectivity index (χ4n) is 2.37. The van der Waals surface area contributed by atoms with Crippen LogP contribution in [-0.4, -0.2) is 44.4 Å². The number of halogens is 3. The topological polar surface area (TPSA) is 74.9 Å². The summed E-state index contributed by atoms with van der Waals surface area (Å²) in [7, 11) is 0. The van der Waals surface area contributed by atoms with Crippen LogP contribution in [0.1, 0.15) is 35.1 Å². The number of carboxylic acids is 1. The van der Waals surface area contributed by atoms with Gasteiger partial charge in [-0.25, -0.2) is 4.98 Å². The average molecular weight is 343 g/mol. The highest BCUT2D eigenvalue weighted by Gasteiger charge is 2.32. The highest BCUT2D eigenvalue weighted by Crippen LogP contribution is 2.30. The molecule has 0 spiro atoms. The molecular formula is C15H16F3N3O3. The van der Waals surface area contributed by atoms with E-state index in [0.29, 0.717) is 0 Å². The lowest BCUT2D eigenvalue weighted by atomic mass is 10.2. The normalized spacial score (nSPS) is 11.7. The Labute approximate surface area is 135 Å². The van der Waals surface area contributed by atoms with Gasteiger partial charge in [-0.3, -0.25) is 14.0 Å². The van der Waals surface area contributed by atoms with Crippen LogP contribution in [-0.2, 0) is 11.0 Å². The van der Waals surface area contributed by atoms with Crippen molar-refractivity contribution in [2.24, 2.45) is 0 Å². The van der Waals surface area contributed by atoms with Crippen LogP contribution in [0.3, 0.4) is 0 Å². The van der Waals surface area contributed by atoms with E-state index in [1.54, 1.807) is 6.92 Å². The summed E-state index contributed by atoms with van der Waals surface area (Å²) in [6.45, 7) is 3.39. The summed E-state index contributed by atoms with van der Waals surface area (Å²) in [5.41, 5.74) is -0.385. The number of amides is 1. The molecule has 0 atom stereocenters. The Bertz CT molecular complexity index is 783. The van der Waals surface area contributed by atoms with E-state index in [1.807, 2.05) is 0 Å². The number of hydrogen-bond acceptors (Lipinski definition) is 3. The number of pyridine rings is 1. The predicted molar refractivity (Wildman–Crippen MR) is 78.8 cm³/mol. The van der Waals surface area contributed by atoms with Crippen LogP contribution in [0.15, 0.2) is 18.3 Å². The Kier molecular flexibility index (Phi) is 4.81. The van der Waals surface area contributed by atoms with Crippen molar-refractivity contribution in [3.05, 3.63) is 35.3 Å². The molecule has 0 aliphatic carbocycles. The molecule has 0 saturated carbocycles. The highest BCUT2D eigenvalue weighted by atomic mass is 19.4. The van der Waals surface area contributed by atoms with E-state index in [4.69, 9.17) is 5.11 Å². The summed E-state index contributed by atoms with van der Waals surface area (Å²) in [4.78, 5) is 28.7. The van der Waals surface area contributed by atoms with Gasteiger partial charge in [0.2, 0.25) is 0 Å². The van der Waals surface area contributed by atoms with Crippen LogP contribution in [0.4, 0.5) is 13.2 Å². The molecule has 0 fully saturated rings. The Hall–Kier alpha value is -2.58. The van der Waals surface area contributed by atoms with Crippen LogP contribution < -0.4 is 0 Å². The predicted octanol–water partition coefficient (Wildman–Crippen LogP) is 2.60. The minimum absolute atomic E-state index is 0.00309. The van der Waals surface area contributed by atoms with Crippen molar-refractivity contribution >= 4 is 17.5 Å². The van der Waals surface area contributed by atoms with Gasteiger partial charge in [0.15, 0.2) is 0 Å². The third-order valence-corrected chi connectivity index (χ3v) is 3.59. The van der Waals surface area contributed by atoms with Gasteiger partial charge in [-0.15, -0.1) is 0 Å². The maximum atomic E-state index is 12.9. The number of carbonyl (C=O) groups is 2. The zero-order chi connectivity index (χ0) is 18.1. The first-order valence-electron chi connectivity index (χ1n) is 7.22. The number of aromatic nitrogens is 2. The SMILES string of the molecule is CCN(CCC(=O)O)C(=O)c1c(C)nc2ccc(C(F)(F)F)cn12. The largest absolute Gasteiger partial charge is 0.481 e. The van der Waals surface area contributed by atoms with Crippen molar-refractivity contribution in [1.82, 2.24) is 14.3 Å². The van der Waals surface area contributed by atoms with Crippen LogP contribution in [0.25, 0.3) is 5.65 Å². The molecular weight excluding hydrogens is 327 g/mol. The van der Waals surface area contributed by atoms with Gasteiger partial charge in [-0.1, -0.05) is 0 Å². The van der Waals surface area contributed by atoms with E-state index in [9.17, 15) is 22.8 Å². The maximum absolute atomic E-state index is 12.9. The second kappa shape index (κ2) is 6.50. The van der Waals surface area contributed by atoms with E-state index in [1.165, 1.54) is 17.9 Å². The molecule has 0 aromatic carbocycles. The number of hydrogen-bond donors (Lipinski definition) is 1. The molecule has 0 radical (unpaired) electrons. The molecule has 2 aromatic heterocycles. The molecule has 0 aliphatic heterocycles. The molecule has 9 heteroatoms. The number of aliphatic carboxylic acids is 1. The smallest absolute Gasteiger partial charge is 0.417 e. The molecule has 2 heterocycles. The molecule has 130 valence electrons. The molecule has 0 saturated heterocycles. The first kappa shape index (κ1) is 17.8. The highest BCUT2D eigenvalue weighted by molar-refractivity contribution is 5.94. The first-order valence-corrected chi connectivity index (χ1v) is 7.22. The minimum Gasteiger partial charge on any atom is -0.481 e. The van der Waals surface area contributed by atoms with Crippen molar-refractivity contribution < 1.29 is 27.9 Å². The standard InChI is InChI=1S/C15H16F3N3O3/c1-3-20(7-6-12(22)23)14(24)13-9(2)19-11-5-4-10(8-21(11)13)15(16,17)18/h4-5,8H,3,6-7H2,1-2H3,(H,22,23). The Morgan fingerprint density at radius 3 is 2.54 bits per heavy atom. The van der Waals surface area contributed by atoms with Gasteiger partial charge in [0.05, 0.1) is 17.7 Å². The molecule has 2 aromatic rings. The monoisotopic (exact) mass is 343 g/mol. The summed E-state index contributed by atoms with van der Waals surface area (Å²) >= 11 is 0. The van der Waals surface area contributed by atoms with Gasteiger partial charge in [0.1, 0.15) is 11.3 Å². The van der Waals surface area contributed by atoms with Gasteiger partial charge in [-0.2, -0.15) is 13.2 Å². The fourth-order valence-corrected chi connectivity index (χ4v) is 2.37. The molecule has 1 amide bonds. The van der Waals surface area contributed by atoms with Crippen molar-refractivity contribution in [3.63, 3.8) is 0 Å². The summed E-state index contributed by atoms with van der Waals surface area (Å²) < 4.78 is 39.8. The summed E-state index contributed by atoms with van der Waals surface area (Å²) in [5.74, 6) is -1.61. The zero-order valence-electron chi connectivity index (χ0n) is 13.1. The van der Waals surface area contributed by atoms with E-state index >= 15 is 0 Å². The maximum Gasteiger partial charge on any atom is 0.417 e. The molecule has 24 heavy (non-hydrogen) atoms. The Morgan fingerprint density at radius 1 is 1.33 bits per heavy atom. The second-order valence-corrected chi connectivity index (χ2v) is 5.22. The van der Waals surface area contributed by atoms with Crippen molar-refractivity contribution in [3.8, 4) is 0 Å². The fraction of sp³-hybridized carbons (Fsp3) is 0.400. The molecule has 1 N–H and O–H groups in total. The third kappa shape index (κ3) is 3.50. The number of nitrogens with zero attached hydrogens (tertiary/aromatic N) is 3. The number of imidazole rings is 1. The van der Waals surface area contributed by atoms with E-state index in [-0.39, 0.29) is 36.5 Å². The lowest BCUT2D eigenvalue weighted by Crippen LogP contribution is -2.34. The molecule has 0 unspecified atom stereocenters. The lowest BCUT2D eigenvalue weighted by molar-refractivity contribution is -0.138. The molecule has 0 aliphatic rings. The third-order valence-electron chi connectivity index (χ3n) is 3.59. The Morgan fingerprint density at radius 2 is 2.00 bits per heavy atom. The number of aryl methyl sites for hydroxylation is 1. The zero-order valence-corrected chi connectivity index (χ0v) is 13.1. The van der Waals surface area contributed by atoms with Crippen LogP contribution in [0.2, 0.25) is 0 Å². The number of fused-ring (bicyclic) bond motifs is 1. The van der Waals surface area contributed by atoms with Crippen LogP contribution in [0, 0.1) is 6.92 Å². The number of carbonyl (C=O) groups excluding carboxylic acids is 1. The minimum atomic E-state index is -4.54. The molecule has 2 rings (SSSR count). The summed E-state index contributed by atoms with van der Waals surface area (Å²) in [5, 5.41) is 8.74. The van der Waals surface area contributed by atoms with Gasteiger partial charge < -0.3 is 10.0 Å². The number of rotatable bonds is 5. The summed E-state index contributed by atoms with van der Waals surface area (Å²) in [6.07, 6.45) is -3.96. The quantitative estimate of drug-likeness (QED) is 0.905. The van der Waals surface area contributed by atoms with Crippen LogP contribution >= 0.6 is 0 Å². The number of carboxylic acid groups (broad SMARTS) is 1. The van der Waals surface area contributed by atoms with Gasteiger partial charge in [0, 0.05) is 19.3 Å². The van der Waals surface area contributed by atoms with E-state index in [2.05, 4.69) is 4.98 Å². The average Bonchev–Trinajstić information content (AvgIpc) is 2.81. The Balaban J connectivity index is 2.47. The lowest BCUT2D eigenvalue weighted by Gasteiger charge is -2.20. The molecule has 0 bridgehead atoms. The van der Waals surface area contributed by atoms with Crippen molar-refractivity contribution in [2.75, 3.05) is 13.1 Å². The van der Waals surface area contributed by atoms with E-state index < -0.39 is 23.6 Å². The first-order chi connectivity index (χ1) is 11.1. The number of alkyl halides is 3. The van der Waals surface area contributed by atoms with Crippen LogP contribution in [0.5, 0.6) is 0 Å². The van der Waals surface area contributed by atoms with Crippen molar-refractivity contribution in [2.45, 2.75) is 26.4 Å². The van der Waals surface area contributed by atoms with Gasteiger partial charge in [0.25, 0.3) is 5.91 Å².